The summed E-state index contributed by atoms with van der Waals surface area (Å²) >= 11 is 0. The Hall–Kier alpha value is -2.42. The third-order valence-corrected chi connectivity index (χ3v) is 5.02. The molecule has 1 N–H and O–H groups in total. The van der Waals surface area contributed by atoms with Gasteiger partial charge in [0.1, 0.15) is 5.75 Å². The molecule has 0 aliphatic carbocycles. The van der Waals surface area contributed by atoms with E-state index in [1.165, 1.54) is 45.5 Å². The minimum absolute atomic E-state index is 0.0421. The smallest absolute Gasteiger partial charge is 0.264 e. The van der Waals surface area contributed by atoms with Crippen LogP contribution in [0.5, 0.6) is 5.75 Å². The van der Waals surface area contributed by atoms with Crippen LogP contribution in [0.2, 0.25) is 0 Å². The first-order valence-electron chi connectivity index (χ1n) is 6.97. The monoisotopic (exact) mass is 350 g/mol. The molecule has 7 nitrogen and oxygen atoms in total. The molecule has 24 heavy (non-hydrogen) atoms. The average molecular weight is 350 g/mol. The molecule has 0 saturated carbocycles. The Labute approximate surface area is 140 Å². The van der Waals surface area contributed by atoms with Crippen LogP contribution in [0.3, 0.4) is 0 Å². The quantitative estimate of drug-likeness (QED) is 0.807. The maximum Gasteiger partial charge on any atom is 0.264 e. The number of para-hydroxylation sites is 2. The minimum Gasteiger partial charge on any atom is -0.495 e. The Morgan fingerprint density at radius 1 is 1.08 bits per heavy atom. The lowest BCUT2D eigenvalue weighted by Crippen LogP contribution is -2.26. The van der Waals surface area contributed by atoms with Crippen LogP contribution in [0.15, 0.2) is 53.4 Å². The number of methoxy groups -OCH3 is 1. The fourth-order valence-corrected chi connectivity index (χ4v) is 3.01. The Morgan fingerprint density at radius 3 is 2.46 bits per heavy atom. The molecular weight excluding hydrogens is 332 g/mol. The van der Waals surface area contributed by atoms with Crippen LogP contribution in [-0.2, 0) is 14.9 Å². The van der Waals surface area contributed by atoms with E-state index in [2.05, 4.69) is 5.32 Å². The standard InChI is InChI=1S/C16H18N2O5S/c1-18(23-3)24(20,21)13-8-6-7-12(11-13)16(19)17-14-9-4-5-10-15(14)22-2/h4-11H,1-3H3,(H,17,19). The van der Waals surface area contributed by atoms with E-state index in [4.69, 9.17) is 9.57 Å². The van der Waals surface area contributed by atoms with E-state index >= 15 is 0 Å². The van der Waals surface area contributed by atoms with Gasteiger partial charge in [0.05, 0.1) is 24.8 Å². The number of carbonyl (C=O) groups excluding carboxylic acids is 1. The van der Waals surface area contributed by atoms with Crippen molar-refractivity contribution < 1.29 is 22.8 Å². The highest BCUT2D eigenvalue weighted by molar-refractivity contribution is 7.89. The van der Waals surface area contributed by atoms with Gasteiger partial charge < -0.3 is 10.1 Å². The van der Waals surface area contributed by atoms with E-state index in [-0.39, 0.29) is 10.5 Å². The van der Waals surface area contributed by atoms with Gasteiger partial charge in [-0.05, 0) is 30.3 Å². The van der Waals surface area contributed by atoms with Gasteiger partial charge in [0.2, 0.25) is 0 Å². The highest BCUT2D eigenvalue weighted by atomic mass is 32.2. The van der Waals surface area contributed by atoms with Crippen molar-refractivity contribution in [3.8, 4) is 5.75 Å². The number of carbonyl (C=O) groups is 1. The lowest BCUT2D eigenvalue weighted by atomic mass is 10.2. The summed E-state index contributed by atoms with van der Waals surface area (Å²) in [5.41, 5.74) is 0.693. The number of nitrogens with one attached hydrogen (secondary N) is 1. The first kappa shape index (κ1) is 17.9. The number of amides is 1. The van der Waals surface area contributed by atoms with Crippen LogP contribution in [0.25, 0.3) is 0 Å². The van der Waals surface area contributed by atoms with Gasteiger partial charge >= 0.3 is 0 Å². The Balaban J connectivity index is 2.30. The van der Waals surface area contributed by atoms with Crippen molar-refractivity contribution in [3.63, 3.8) is 0 Å². The number of sulfonamides is 1. The third-order valence-electron chi connectivity index (χ3n) is 3.34. The minimum atomic E-state index is -3.82. The van der Waals surface area contributed by atoms with Crippen molar-refractivity contribution in [2.75, 3.05) is 26.6 Å². The fraction of sp³-hybridized carbons (Fsp3) is 0.188. The number of hydroxylamine groups is 1. The number of hydrogen-bond donors (Lipinski definition) is 1. The van der Waals surface area contributed by atoms with Crippen LogP contribution < -0.4 is 10.1 Å². The molecular formula is C16H18N2O5S. The molecule has 2 rings (SSSR count). The molecule has 2 aromatic rings. The average Bonchev–Trinajstić information content (AvgIpc) is 2.61. The zero-order valence-corrected chi connectivity index (χ0v) is 14.3. The van der Waals surface area contributed by atoms with Gasteiger partial charge in [0, 0.05) is 12.6 Å². The molecule has 0 atom stereocenters. The zero-order chi connectivity index (χ0) is 17.7. The Morgan fingerprint density at radius 2 is 1.79 bits per heavy atom. The van der Waals surface area contributed by atoms with E-state index in [1.54, 1.807) is 24.3 Å². The molecule has 0 bridgehead atoms. The zero-order valence-electron chi connectivity index (χ0n) is 13.5. The molecule has 0 heterocycles. The highest BCUT2D eigenvalue weighted by Gasteiger charge is 2.22. The number of anilines is 1. The topological polar surface area (TPSA) is 84.9 Å². The molecule has 0 unspecified atom stereocenters. The summed E-state index contributed by atoms with van der Waals surface area (Å²) in [6.45, 7) is 0. The van der Waals surface area contributed by atoms with Crippen molar-refractivity contribution in [1.29, 1.82) is 0 Å². The van der Waals surface area contributed by atoms with Crippen LogP contribution in [0, 0.1) is 0 Å². The van der Waals surface area contributed by atoms with E-state index in [0.29, 0.717) is 11.4 Å². The summed E-state index contributed by atoms with van der Waals surface area (Å²) in [4.78, 5) is 17.1. The molecule has 0 spiro atoms. The Bertz CT molecular complexity index is 836. The molecule has 0 aliphatic rings. The van der Waals surface area contributed by atoms with E-state index in [9.17, 15) is 13.2 Å². The molecule has 0 saturated heterocycles. The second-order valence-electron chi connectivity index (χ2n) is 4.78. The molecule has 128 valence electrons. The van der Waals surface area contributed by atoms with Crippen molar-refractivity contribution in [3.05, 3.63) is 54.1 Å². The fourth-order valence-electron chi connectivity index (χ4n) is 1.99. The maximum atomic E-state index is 12.4. The van der Waals surface area contributed by atoms with E-state index in [1.807, 2.05) is 0 Å². The number of benzene rings is 2. The van der Waals surface area contributed by atoms with Gasteiger partial charge in [0.25, 0.3) is 15.9 Å². The molecule has 0 aliphatic heterocycles. The van der Waals surface area contributed by atoms with E-state index in [0.717, 1.165) is 4.47 Å². The molecule has 0 radical (unpaired) electrons. The molecule has 0 aromatic heterocycles. The van der Waals surface area contributed by atoms with Gasteiger partial charge in [-0.15, -0.1) is 0 Å². The molecule has 1 amide bonds. The lowest BCUT2D eigenvalue weighted by molar-refractivity contribution is -0.0258. The van der Waals surface area contributed by atoms with Crippen LogP contribution in [0.4, 0.5) is 5.69 Å². The Kier molecular flexibility index (Phi) is 5.55. The number of hydrogen-bond acceptors (Lipinski definition) is 5. The predicted octanol–water partition coefficient (Wildman–Crippen LogP) is 2.13. The lowest BCUT2D eigenvalue weighted by Gasteiger charge is -2.15. The third kappa shape index (κ3) is 3.73. The predicted molar refractivity (Wildman–Crippen MR) is 89.3 cm³/mol. The summed E-state index contributed by atoms with van der Waals surface area (Å²) in [6.07, 6.45) is 0. The van der Waals surface area contributed by atoms with E-state index < -0.39 is 15.9 Å². The number of ether oxygens (including phenoxy) is 1. The molecule has 0 fully saturated rings. The summed E-state index contributed by atoms with van der Waals surface area (Å²) in [7, 11) is 0.195. The van der Waals surface area contributed by atoms with Gasteiger partial charge in [-0.25, -0.2) is 8.42 Å². The second-order valence-corrected chi connectivity index (χ2v) is 6.72. The molecule has 8 heteroatoms. The van der Waals surface area contributed by atoms with Gasteiger partial charge in [0.15, 0.2) is 0 Å². The van der Waals surface area contributed by atoms with Crippen molar-refractivity contribution in [2.24, 2.45) is 0 Å². The van der Waals surface area contributed by atoms with Gasteiger partial charge in [-0.1, -0.05) is 22.7 Å². The highest BCUT2D eigenvalue weighted by Crippen LogP contribution is 2.24. The molecule has 2 aromatic carbocycles. The summed E-state index contributed by atoms with van der Waals surface area (Å²) < 4.78 is 30.4. The van der Waals surface area contributed by atoms with Crippen LogP contribution in [-0.4, -0.2) is 40.1 Å². The van der Waals surface area contributed by atoms with Crippen molar-refractivity contribution >= 4 is 21.6 Å². The van der Waals surface area contributed by atoms with Gasteiger partial charge in [-0.3, -0.25) is 9.63 Å². The first-order valence-corrected chi connectivity index (χ1v) is 8.41. The second kappa shape index (κ2) is 7.43. The van der Waals surface area contributed by atoms with Crippen LogP contribution >= 0.6 is 0 Å². The van der Waals surface area contributed by atoms with Crippen molar-refractivity contribution in [2.45, 2.75) is 4.90 Å². The number of rotatable bonds is 6. The summed E-state index contributed by atoms with van der Waals surface area (Å²) in [5, 5.41) is 2.70. The number of nitrogens with zero attached hydrogens (tertiary/aromatic N) is 1. The first-order chi connectivity index (χ1) is 11.4. The van der Waals surface area contributed by atoms with Crippen molar-refractivity contribution in [1.82, 2.24) is 4.47 Å². The van der Waals surface area contributed by atoms with Crippen LogP contribution in [0.1, 0.15) is 10.4 Å². The summed E-state index contributed by atoms with van der Waals surface area (Å²) in [6, 6.07) is 12.6. The largest absolute Gasteiger partial charge is 0.495 e. The normalized spacial score (nSPS) is 11.3. The maximum absolute atomic E-state index is 12.4. The van der Waals surface area contributed by atoms with Gasteiger partial charge in [-0.2, -0.15) is 0 Å². The summed E-state index contributed by atoms with van der Waals surface area (Å²) in [5.74, 6) is 0.0605. The SMILES string of the molecule is COc1ccccc1NC(=O)c1cccc(S(=O)(=O)N(C)OC)c1.